The fraction of sp³-hybridized carbons (Fsp3) is 0.0667. The van der Waals surface area contributed by atoms with Crippen LogP contribution >= 0.6 is 0 Å². The van der Waals surface area contributed by atoms with Gasteiger partial charge in [-0.25, -0.2) is 9.59 Å². The van der Waals surface area contributed by atoms with Crippen LogP contribution in [0.5, 0.6) is 17.2 Å². The van der Waals surface area contributed by atoms with E-state index in [9.17, 15) is 14.7 Å². The number of rotatable bonds is 4. The quantitative estimate of drug-likeness (QED) is 0.662. The van der Waals surface area contributed by atoms with Crippen LogP contribution in [0.2, 0.25) is 0 Å². The van der Waals surface area contributed by atoms with E-state index >= 15 is 0 Å². The van der Waals surface area contributed by atoms with Gasteiger partial charge in [0.05, 0.1) is 7.11 Å². The summed E-state index contributed by atoms with van der Waals surface area (Å²) in [7, 11) is 1.43. The molecule has 0 unspecified atom stereocenters. The maximum absolute atomic E-state index is 12.0. The lowest BCUT2D eigenvalue weighted by Gasteiger charge is -2.09. The smallest absolute Gasteiger partial charge is 0.347 e. The zero-order chi connectivity index (χ0) is 15.4. The van der Waals surface area contributed by atoms with Crippen LogP contribution in [0.25, 0.3) is 0 Å². The topological polar surface area (TPSA) is 93.1 Å². The molecule has 0 amide bonds. The van der Waals surface area contributed by atoms with E-state index in [1.54, 1.807) is 18.2 Å². The van der Waals surface area contributed by atoms with Crippen molar-refractivity contribution in [1.82, 2.24) is 0 Å². The van der Waals surface area contributed by atoms with Gasteiger partial charge in [-0.1, -0.05) is 12.1 Å². The first kappa shape index (κ1) is 14.4. The average molecular weight is 288 g/mol. The standard InChI is InChI=1S/C15H12O6/c1-20-13-5-3-2-4-10(13)15(19)21-9-6-7-12(16)11(8-9)14(17)18/h2-8,16H,1H3,(H,17,18). The Morgan fingerprint density at radius 3 is 2.43 bits per heavy atom. The van der Waals surface area contributed by atoms with Gasteiger partial charge >= 0.3 is 11.9 Å². The van der Waals surface area contributed by atoms with Crippen molar-refractivity contribution in [1.29, 1.82) is 0 Å². The Kier molecular flexibility index (Phi) is 4.08. The number of hydrogen-bond acceptors (Lipinski definition) is 5. The van der Waals surface area contributed by atoms with Crippen molar-refractivity contribution in [3.63, 3.8) is 0 Å². The summed E-state index contributed by atoms with van der Waals surface area (Å²) in [5.74, 6) is -2.04. The molecule has 0 aliphatic heterocycles. The molecule has 6 nitrogen and oxygen atoms in total. The van der Waals surface area contributed by atoms with E-state index in [1.165, 1.54) is 19.2 Å². The first-order valence-electron chi connectivity index (χ1n) is 5.94. The number of ether oxygens (including phenoxy) is 2. The molecule has 0 saturated heterocycles. The Morgan fingerprint density at radius 2 is 1.76 bits per heavy atom. The highest BCUT2D eigenvalue weighted by Crippen LogP contribution is 2.25. The zero-order valence-corrected chi connectivity index (χ0v) is 11.1. The van der Waals surface area contributed by atoms with Crippen molar-refractivity contribution >= 4 is 11.9 Å². The van der Waals surface area contributed by atoms with Gasteiger partial charge in [-0.3, -0.25) is 0 Å². The van der Waals surface area contributed by atoms with Gasteiger partial charge in [0, 0.05) is 0 Å². The third kappa shape index (κ3) is 3.11. The molecule has 0 heterocycles. The number of carbonyl (C=O) groups excluding carboxylic acids is 1. The van der Waals surface area contributed by atoms with Crippen LogP contribution in [0, 0.1) is 0 Å². The summed E-state index contributed by atoms with van der Waals surface area (Å²) < 4.78 is 10.1. The maximum Gasteiger partial charge on any atom is 0.347 e. The van der Waals surface area contributed by atoms with Crippen molar-refractivity contribution in [2.24, 2.45) is 0 Å². The maximum atomic E-state index is 12.0. The predicted molar refractivity (Wildman–Crippen MR) is 73.0 cm³/mol. The molecule has 0 saturated carbocycles. The molecule has 0 aromatic heterocycles. The Hall–Kier alpha value is -3.02. The monoisotopic (exact) mass is 288 g/mol. The molecule has 2 aromatic carbocycles. The van der Waals surface area contributed by atoms with Gasteiger partial charge in [-0.05, 0) is 30.3 Å². The molecule has 2 aromatic rings. The highest BCUT2D eigenvalue weighted by atomic mass is 16.5. The molecule has 0 aliphatic carbocycles. The van der Waals surface area contributed by atoms with E-state index < -0.39 is 17.7 Å². The Bertz CT molecular complexity index is 692. The summed E-state index contributed by atoms with van der Waals surface area (Å²) in [6.07, 6.45) is 0. The highest BCUT2D eigenvalue weighted by Gasteiger charge is 2.16. The van der Waals surface area contributed by atoms with Crippen molar-refractivity contribution in [3.05, 3.63) is 53.6 Å². The summed E-state index contributed by atoms with van der Waals surface area (Å²) in [5.41, 5.74) is -0.134. The van der Waals surface area contributed by atoms with E-state index in [1.807, 2.05) is 0 Å². The van der Waals surface area contributed by atoms with Gasteiger partial charge in [-0.15, -0.1) is 0 Å². The van der Waals surface area contributed by atoms with Crippen LogP contribution in [-0.2, 0) is 0 Å². The number of hydrogen-bond donors (Lipinski definition) is 2. The molecule has 108 valence electrons. The molecule has 2 rings (SSSR count). The normalized spacial score (nSPS) is 9.95. The fourth-order valence-electron chi connectivity index (χ4n) is 1.73. The summed E-state index contributed by atoms with van der Waals surface area (Å²) in [5, 5.41) is 18.3. The molecule has 0 atom stereocenters. The number of para-hydroxylation sites is 1. The SMILES string of the molecule is COc1ccccc1C(=O)Oc1ccc(O)c(C(=O)O)c1. The number of benzene rings is 2. The van der Waals surface area contributed by atoms with Gasteiger partial charge in [0.15, 0.2) is 0 Å². The first-order valence-corrected chi connectivity index (χ1v) is 5.94. The van der Waals surface area contributed by atoms with Crippen molar-refractivity contribution in [2.45, 2.75) is 0 Å². The number of methoxy groups -OCH3 is 1. The van der Waals surface area contributed by atoms with Gasteiger partial charge in [-0.2, -0.15) is 0 Å². The summed E-state index contributed by atoms with van der Waals surface area (Å²) >= 11 is 0. The van der Waals surface area contributed by atoms with Crippen molar-refractivity contribution in [3.8, 4) is 17.2 Å². The summed E-state index contributed by atoms with van der Waals surface area (Å²) in [6, 6.07) is 10.0. The number of carboxylic acid groups (broad SMARTS) is 1. The van der Waals surface area contributed by atoms with E-state index in [4.69, 9.17) is 14.6 Å². The third-order valence-corrected chi connectivity index (χ3v) is 2.74. The summed E-state index contributed by atoms with van der Waals surface area (Å²) in [6.45, 7) is 0. The second-order valence-electron chi connectivity index (χ2n) is 4.07. The van der Waals surface area contributed by atoms with Gasteiger partial charge in [0.2, 0.25) is 0 Å². The highest BCUT2D eigenvalue weighted by molar-refractivity contribution is 5.95. The van der Waals surface area contributed by atoms with E-state index in [0.717, 1.165) is 12.1 Å². The number of aromatic carboxylic acids is 1. The average Bonchev–Trinajstić information content (AvgIpc) is 2.48. The Morgan fingerprint density at radius 1 is 1.05 bits per heavy atom. The molecule has 0 radical (unpaired) electrons. The minimum atomic E-state index is -1.32. The molecule has 6 heteroatoms. The second-order valence-corrected chi connectivity index (χ2v) is 4.07. The van der Waals surface area contributed by atoms with Crippen LogP contribution in [0.15, 0.2) is 42.5 Å². The lowest BCUT2D eigenvalue weighted by Crippen LogP contribution is -2.10. The number of esters is 1. The van der Waals surface area contributed by atoms with Crippen LogP contribution in [-0.4, -0.2) is 29.3 Å². The van der Waals surface area contributed by atoms with E-state index in [2.05, 4.69) is 0 Å². The van der Waals surface area contributed by atoms with Crippen LogP contribution < -0.4 is 9.47 Å². The number of aromatic hydroxyl groups is 1. The van der Waals surface area contributed by atoms with Gasteiger partial charge in [0.25, 0.3) is 0 Å². The molecule has 0 aliphatic rings. The second kappa shape index (κ2) is 5.96. The largest absolute Gasteiger partial charge is 0.507 e. The van der Waals surface area contributed by atoms with Crippen molar-refractivity contribution in [2.75, 3.05) is 7.11 Å². The van der Waals surface area contributed by atoms with Gasteiger partial charge in [0.1, 0.15) is 28.4 Å². The van der Waals surface area contributed by atoms with E-state index in [-0.39, 0.29) is 16.9 Å². The lowest BCUT2D eigenvalue weighted by molar-refractivity contribution is 0.0683. The minimum absolute atomic E-state index is 0.0149. The predicted octanol–water partition coefficient (Wildman–Crippen LogP) is 2.32. The minimum Gasteiger partial charge on any atom is -0.507 e. The molecule has 2 N–H and O–H groups in total. The van der Waals surface area contributed by atoms with E-state index in [0.29, 0.717) is 5.75 Å². The molecule has 21 heavy (non-hydrogen) atoms. The molecule has 0 fully saturated rings. The van der Waals surface area contributed by atoms with Gasteiger partial charge < -0.3 is 19.7 Å². The molecule has 0 bridgehead atoms. The third-order valence-electron chi connectivity index (χ3n) is 2.74. The lowest BCUT2D eigenvalue weighted by atomic mass is 10.2. The molecular weight excluding hydrogens is 276 g/mol. The number of phenols is 1. The van der Waals surface area contributed by atoms with Crippen molar-refractivity contribution < 1.29 is 29.3 Å². The number of carboxylic acids is 1. The Labute approximate surface area is 120 Å². The number of carbonyl (C=O) groups is 2. The zero-order valence-electron chi connectivity index (χ0n) is 11.1. The fourth-order valence-corrected chi connectivity index (χ4v) is 1.73. The van der Waals surface area contributed by atoms with Crippen LogP contribution in [0.4, 0.5) is 0 Å². The first-order chi connectivity index (χ1) is 10.0. The van der Waals surface area contributed by atoms with Crippen LogP contribution in [0.1, 0.15) is 20.7 Å². The Balaban J connectivity index is 2.28. The molecular formula is C15H12O6. The summed E-state index contributed by atoms with van der Waals surface area (Å²) in [4.78, 5) is 23.0. The van der Waals surface area contributed by atoms with Crippen LogP contribution in [0.3, 0.4) is 0 Å². The molecule has 0 spiro atoms.